The van der Waals surface area contributed by atoms with Gasteiger partial charge in [-0.3, -0.25) is 4.79 Å². The van der Waals surface area contributed by atoms with Crippen LogP contribution in [0.4, 0.5) is 0 Å². The van der Waals surface area contributed by atoms with Crippen LogP contribution >= 0.6 is 0 Å². The summed E-state index contributed by atoms with van der Waals surface area (Å²) in [6.07, 6.45) is 0.397. The van der Waals surface area contributed by atoms with Crippen molar-refractivity contribution in [2.24, 2.45) is 0 Å². The molecule has 2 aromatic carbocycles. The highest BCUT2D eigenvalue weighted by Gasteiger charge is 2.19. The number of fused-ring (bicyclic) bond motifs is 1. The summed E-state index contributed by atoms with van der Waals surface area (Å²) < 4.78 is 53.7. The normalized spacial score (nSPS) is 12.8. The Morgan fingerprint density at radius 3 is 2.45 bits per heavy atom. The second-order valence-electron chi connectivity index (χ2n) is 6.55. The Morgan fingerprint density at radius 2 is 1.71 bits per heavy atom. The topological polar surface area (TPSA) is 109 Å². The molecule has 0 atom stereocenters. The summed E-state index contributed by atoms with van der Waals surface area (Å²) >= 11 is 0. The fraction of sp³-hybridized carbons (Fsp3) is 0.381. The molecule has 0 saturated heterocycles. The third-order valence-corrected chi connectivity index (χ3v) is 5.81. The van der Waals surface area contributed by atoms with Crippen molar-refractivity contribution in [2.45, 2.75) is 17.7 Å². The number of methoxy groups -OCH3 is 1. The van der Waals surface area contributed by atoms with E-state index in [9.17, 15) is 13.2 Å². The van der Waals surface area contributed by atoms with Crippen molar-refractivity contribution >= 4 is 16.0 Å². The first-order valence-corrected chi connectivity index (χ1v) is 11.3. The van der Waals surface area contributed by atoms with Crippen molar-refractivity contribution in [3.05, 3.63) is 42.5 Å². The van der Waals surface area contributed by atoms with E-state index < -0.39 is 16.0 Å². The van der Waals surface area contributed by atoms with Gasteiger partial charge in [0, 0.05) is 19.0 Å². The number of hydrogen-bond donors (Lipinski definition) is 1. The van der Waals surface area contributed by atoms with E-state index in [0.717, 1.165) is 5.75 Å². The van der Waals surface area contributed by atoms with Gasteiger partial charge in [0.1, 0.15) is 37.9 Å². The van der Waals surface area contributed by atoms with Crippen molar-refractivity contribution in [3.8, 4) is 23.0 Å². The molecule has 9 nitrogen and oxygen atoms in total. The molecular formula is C21H25NO8S. The van der Waals surface area contributed by atoms with Gasteiger partial charge in [-0.2, -0.15) is 0 Å². The van der Waals surface area contributed by atoms with E-state index in [0.29, 0.717) is 36.9 Å². The number of hydrogen-bond acceptors (Lipinski definition) is 8. The summed E-state index contributed by atoms with van der Waals surface area (Å²) in [7, 11) is -2.13. The fourth-order valence-corrected chi connectivity index (χ4v) is 3.86. The number of esters is 1. The Bertz CT molecular complexity index is 975. The van der Waals surface area contributed by atoms with Gasteiger partial charge in [-0.15, -0.1) is 0 Å². The predicted octanol–water partition coefficient (Wildman–Crippen LogP) is 2.15. The summed E-state index contributed by atoms with van der Waals surface area (Å²) in [5.41, 5.74) is 0. The molecule has 1 heterocycles. The van der Waals surface area contributed by atoms with Crippen LogP contribution in [0.2, 0.25) is 0 Å². The molecule has 0 spiro atoms. The summed E-state index contributed by atoms with van der Waals surface area (Å²) in [6.45, 7) is 1.23. The first-order valence-electron chi connectivity index (χ1n) is 9.80. The van der Waals surface area contributed by atoms with E-state index in [-0.39, 0.29) is 31.1 Å². The highest BCUT2D eigenvalue weighted by Crippen LogP contribution is 2.32. The average molecular weight is 451 g/mol. The maximum absolute atomic E-state index is 12.4. The maximum atomic E-state index is 12.4. The molecule has 0 radical (unpaired) electrons. The van der Waals surface area contributed by atoms with E-state index in [4.69, 9.17) is 23.7 Å². The minimum absolute atomic E-state index is 0.0787. The Labute approximate surface area is 181 Å². The molecule has 2 aromatic rings. The minimum atomic E-state index is -3.71. The summed E-state index contributed by atoms with van der Waals surface area (Å²) in [4.78, 5) is 11.9. The van der Waals surface area contributed by atoms with Crippen molar-refractivity contribution < 1.29 is 36.9 Å². The number of carbonyl (C=O) groups excluding carboxylic acids is 1. The lowest BCUT2D eigenvalue weighted by atomic mass is 10.3. The van der Waals surface area contributed by atoms with Crippen LogP contribution in [0.15, 0.2) is 47.4 Å². The molecular weight excluding hydrogens is 426 g/mol. The predicted molar refractivity (Wildman–Crippen MR) is 111 cm³/mol. The molecule has 0 amide bonds. The van der Waals surface area contributed by atoms with Gasteiger partial charge in [0.25, 0.3) is 0 Å². The molecule has 0 fully saturated rings. The zero-order chi connectivity index (χ0) is 22.1. The van der Waals surface area contributed by atoms with Gasteiger partial charge in [0.05, 0.1) is 12.0 Å². The molecule has 0 unspecified atom stereocenters. The highest BCUT2D eigenvalue weighted by molar-refractivity contribution is 7.89. The van der Waals surface area contributed by atoms with Crippen molar-refractivity contribution in [3.63, 3.8) is 0 Å². The van der Waals surface area contributed by atoms with Crippen LogP contribution < -0.4 is 23.7 Å². The lowest BCUT2D eigenvalue weighted by Crippen LogP contribution is -2.26. The largest absolute Gasteiger partial charge is 0.497 e. The number of sulfonamides is 1. The molecule has 0 aliphatic carbocycles. The number of ether oxygens (including phenoxy) is 5. The van der Waals surface area contributed by atoms with Gasteiger partial charge in [0.15, 0.2) is 11.5 Å². The first kappa shape index (κ1) is 22.7. The third-order valence-electron chi connectivity index (χ3n) is 4.35. The molecule has 1 aliphatic rings. The van der Waals surface area contributed by atoms with Crippen LogP contribution in [-0.2, 0) is 19.6 Å². The second-order valence-corrected chi connectivity index (χ2v) is 8.32. The second kappa shape index (κ2) is 10.9. The summed E-state index contributed by atoms with van der Waals surface area (Å²) in [5, 5.41) is 0. The van der Waals surface area contributed by atoms with Crippen LogP contribution in [0.3, 0.4) is 0 Å². The molecule has 1 N–H and O–H groups in total. The Balaban J connectivity index is 1.32. The van der Waals surface area contributed by atoms with E-state index in [1.807, 2.05) is 0 Å². The minimum Gasteiger partial charge on any atom is -0.497 e. The monoisotopic (exact) mass is 451 g/mol. The lowest BCUT2D eigenvalue weighted by Gasteiger charge is -2.18. The first-order chi connectivity index (χ1) is 15.0. The van der Waals surface area contributed by atoms with Crippen molar-refractivity contribution in [2.75, 3.05) is 40.1 Å². The molecule has 0 bridgehead atoms. The molecule has 10 heteroatoms. The zero-order valence-corrected chi connectivity index (χ0v) is 18.0. The molecule has 3 rings (SSSR count). The quantitative estimate of drug-likeness (QED) is 0.409. The van der Waals surface area contributed by atoms with E-state index in [1.165, 1.54) is 12.1 Å². The summed E-state index contributed by atoms with van der Waals surface area (Å²) in [6, 6.07) is 11.5. The highest BCUT2D eigenvalue weighted by atomic mass is 32.2. The van der Waals surface area contributed by atoms with Gasteiger partial charge in [-0.05, 0) is 42.8 Å². The van der Waals surface area contributed by atoms with Crippen LogP contribution in [0.25, 0.3) is 0 Å². The summed E-state index contributed by atoms with van der Waals surface area (Å²) in [5.74, 6) is 1.86. The smallest absolute Gasteiger partial charge is 0.305 e. The van der Waals surface area contributed by atoms with E-state index in [1.54, 1.807) is 37.4 Å². The standard InChI is InChI=1S/C21H25NO8S/c1-26-16-4-6-17(7-5-16)27-11-14-30-21(23)3-2-10-22-31(24,25)18-8-9-19-20(15-18)29-13-12-28-19/h4-9,15,22H,2-3,10-14H2,1H3. The van der Waals surface area contributed by atoms with E-state index >= 15 is 0 Å². The van der Waals surface area contributed by atoms with Gasteiger partial charge in [-0.1, -0.05) is 0 Å². The SMILES string of the molecule is COc1ccc(OCCOC(=O)CCCNS(=O)(=O)c2ccc3c(c2)OCCO3)cc1. The van der Waals surface area contributed by atoms with Crippen LogP contribution in [0.5, 0.6) is 23.0 Å². The third kappa shape index (κ3) is 6.76. The number of carbonyl (C=O) groups is 1. The number of benzene rings is 2. The van der Waals surface area contributed by atoms with Gasteiger partial charge in [-0.25, -0.2) is 13.1 Å². The van der Waals surface area contributed by atoms with E-state index in [2.05, 4.69) is 4.72 Å². The number of nitrogens with one attached hydrogen (secondary N) is 1. The van der Waals surface area contributed by atoms with Crippen molar-refractivity contribution in [1.29, 1.82) is 0 Å². The van der Waals surface area contributed by atoms with Crippen molar-refractivity contribution in [1.82, 2.24) is 4.72 Å². The Kier molecular flexibility index (Phi) is 7.96. The zero-order valence-electron chi connectivity index (χ0n) is 17.2. The van der Waals surface area contributed by atoms with Gasteiger partial charge < -0.3 is 23.7 Å². The van der Waals surface area contributed by atoms with Gasteiger partial charge in [0.2, 0.25) is 10.0 Å². The molecule has 168 valence electrons. The van der Waals surface area contributed by atoms with Gasteiger partial charge >= 0.3 is 5.97 Å². The number of rotatable bonds is 11. The van der Waals surface area contributed by atoms with Crippen LogP contribution in [0.1, 0.15) is 12.8 Å². The Hall–Kier alpha value is -2.98. The molecule has 0 saturated carbocycles. The Morgan fingerprint density at radius 1 is 1.00 bits per heavy atom. The average Bonchev–Trinajstić information content (AvgIpc) is 2.79. The molecule has 0 aromatic heterocycles. The lowest BCUT2D eigenvalue weighted by molar-refractivity contribution is -0.144. The van der Waals surface area contributed by atoms with Crippen LogP contribution in [0, 0.1) is 0 Å². The fourth-order valence-electron chi connectivity index (χ4n) is 2.77. The molecule has 31 heavy (non-hydrogen) atoms. The molecule has 1 aliphatic heterocycles. The van der Waals surface area contributed by atoms with Crippen LogP contribution in [-0.4, -0.2) is 54.5 Å². The maximum Gasteiger partial charge on any atom is 0.305 e.